The van der Waals surface area contributed by atoms with Gasteiger partial charge in [0.1, 0.15) is 5.01 Å². The lowest BCUT2D eigenvalue weighted by Crippen LogP contribution is -2.48. The molecule has 5 rings (SSSR count). The van der Waals surface area contributed by atoms with Crippen LogP contribution in [0, 0.1) is 17.8 Å². The number of rotatable bonds is 2. The summed E-state index contributed by atoms with van der Waals surface area (Å²) in [4.78, 5) is 11.2. The Morgan fingerprint density at radius 2 is 1.67 bits per heavy atom. The second-order valence-electron chi connectivity index (χ2n) is 6.47. The molecule has 0 spiro atoms. The van der Waals surface area contributed by atoms with E-state index in [1.165, 1.54) is 49.9 Å². The van der Waals surface area contributed by atoms with Crippen molar-refractivity contribution in [1.29, 1.82) is 0 Å². The predicted molar refractivity (Wildman–Crippen MR) is 68.3 cm³/mol. The molecule has 0 unspecified atom stereocenters. The molecule has 4 saturated carbocycles. The molecule has 4 bridgehead atoms. The van der Waals surface area contributed by atoms with Crippen molar-refractivity contribution in [2.45, 2.75) is 43.9 Å². The molecule has 0 atom stereocenters. The fraction of sp³-hybridized carbons (Fsp3) is 0.769. The molecule has 2 N–H and O–H groups in total. The van der Waals surface area contributed by atoms with E-state index in [-0.39, 0.29) is 5.41 Å². The molecule has 4 fully saturated rings. The van der Waals surface area contributed by atoms with Crippen LogP contribution in [0.4, 0.5) is 0 Å². The highest BCUT2D eigenvalue weighted by molar-refractivity contribution is 7.13. The smallest absolute Gasteiger partial charge is 0.279 e. The first-order valence-electron chi connectivity index (χ1n) is 6.78. The van der Waals surface area contributed by atoms with Gasteiger partial charge in [-0.05, 0) is 56.3 Å². The van der Waals surface area contributed by atoms with E-state index in [1.54, 1.807) is 0 Å². The van der Waals surface area contributed by atoms with Crippen LogP contribution in [0.5, 0.6) is 0 Å². The van der Waals surface area contributed by atoms with Gasteiger partial charge in [-0.25, -0.2) is 0 Å². The number of carbonyl (C=O) groups is 1. The molecule has 1 amide bonds. The zero-order valence-corrected chi connectivity index (χ0v) is 11.1. The number of nitrogens with two attached hydrogens (primary N) is 1. The van der Waals surface area contributed by atoms with Crippen molar-refractivity contribution in [1.82, 2.24) is 10.2 Å². The highest BCUT2D eigenvalue weighted by atomic mass is 32.1. The summed E-state index contributed by atoms with van der Waals surface area (Å²) < 4.78 is 0. The Morgan fingerprint density at radius 1 is 1.11 bits per heavy atom. The predicted octanol–water partition coefficient (Wildman–Crippen LogP) is 2.10. The molecule has 0 saturated heterocycles. The Bertz CT molecular complexity index is 475. The average molecular weight is 263 g/mol. The van der Waals surface area contributed by atoms with E-state index < -0.39 is 5.91 Å². The van der Waals surface area contributed by atoms with Gasteiger partial charge in [-0.2, -0.15) is 0 Å². The summed E-state index contributed by atoms with van der Waals surface area (Å²) in [6.45, 7) is 0. The molecular formula is C13H17N3OS. The Labute approximate surface area is 110 Å². The van der Waals surface area contributed by atoms with Crippen LogP contribution in [-0.4, -0.2) is 16.1 Å². The number of primary amides is 1. The monoisotopic (exact) mass is 263 g/mol. The maximum Gasteiger partial charge on any atom is 0.279 e. The van der Waals surface area contributed by atoms with Crippen LogP contribution in [0.1, 0.15) is 53.3 Å². The Hall–Kier alpha value is -0.970. The number of hydrogen-bond acceptors (Lipinski definition) is 4. The van der Waals surface area contributed by atoms with Gasteiger partial charge < -0.3 is 5.73 Å². The normalized spacial score (nSPS) is 41.2. The zero-order valence-electron chi connectivity index (χ0n) is 10.3. The van der Waals surface area contributed by atoms with Crippen LogP contribution in [0.15, 0.2) is 0 Å². The fourth-order valence-electron chi connectivity index (χ4n) is 4.91. The highest BCUT2D eigenvalue weighted by Gasteiger charge is 2.53. The van der Waals surface area contributed by atoms with Gasteiger partial charge in [0.2, 0.25) is 5.01 Å². The lowest BCUT2D eigenvalue weighted by atomic mass is 9.50. The number of carbonyl (C=O) groups excluding carboxylic acids is 1. The highest BCUT2D eigenvalue weighted by Crippen LogP contribution is 2.60. The van der Waals surface area contributed by atoms with E-state index >= 15 is 0 Å². The number of hydrogen-bond donors (Lipinski definition) is 1. The first-order valence-corrected chi connectivity index (χ1v) is 7.60. The Kier molecular flexibility index (Phi) is 2.14. The van der Waals surface area contributed by atoms with Crippen molar-refractivity contribution >= 4 is 17.2 Å². The van der Waals surface area contributed by atoms with Gasteiger partial charge in [0.05, 0.1) is 0 Å². The van der Waals surface area contributed by atoms with Crippen molar-refractivity contribution in [3.05, 3.63) is 10.0 Å². The summed E-state index contributed by atoms with van der Waals surface area (Å²) in [5.41, 5.74) is 5.52. The standard InChI is InChI=1S/C13H17N3OS/c14-10(17)11-15-16-12(18-11)13-4-7-1-8(5-13)3-9(2-7)6-13/h7-9H,1-6H2,(H2,14,17). The molecule has 0 aromatic carbocycles. The lowest BCUT2D eigenvalue weighted by Gasteiger charge is -2.55. The van der Waals surface area contributed by atoms with Crippen LogP contribution >= 0.6 is 11.3 Å². The Morgan fingerprint density at radius 3 is 2.11 bits per heavy atom. The maximum absolute atomic E-state index is 11.2. The molecule has 0 radical (unpaired) electrons. The zero-order chi connectivity index (χ0) is 12.3. The van der Waals surface area contributed by atoms with Crippen molar-refractivity contribution < 1.29 is 4.79 Å². The van der Waals surface area contributed by atoms with Crippen LogP contribution in [0.25, 0.3) is 0 Å². The van der Waals surface area contributed by atoms with Gasteiger partial charge in [0.25, 0.3) is 5.91 Å². The molecule has 1 aromatic rings. The minimum absolute atomic E-state index is 0.236. The van der Waals surface area contributed by atoms with E-state index in [9.17, 15) is 4.79 Å². The third kappa shape index (κ3) is 1.46. The van der Waals surface area contributed by atoms with Gasteiger partial charge in [-0.1, -0.05) is 11.3 Å². The average Bonchev–Trinajstić information content (AvgIpc) is 2.76. The quantitative estimate of drug-likeness (QED) is 0.888. The summed E-state index contributed by atoms with van der Waals surface area (Å²) in [5.74, 6) is 2.22. The molecule has 4 aliphatic carbocycles. The van der Waals surface area contributed by atoms with E-state index in [0.717, 1.165) is 22.8 Å². The summed E-state index contributed by atoms with van der Waals surface area (Å²) in [6, 6.07) is 0. The molecule has 1 heterocycles. The number of amides is 1. The third-order valence-corrected chi connectivity index (χ3v) is 6.31. The van der Waals surface area contributed by atoms with Crippen molar-refractivity contribution in [3.63, 3.8) is 0 Å². The van der Waals surface area contributed by atoms with Crippen LogP contribution in [0.3, 0.4) is 0 Å². The first kappa shape index (κ1) is 10.9. The molecule has 4 nitrogen and oxygen atoms in total. The molecule has 0 aliphatic heterocycles. The second kappa shape index (κ2) is 3.53. The van der Waals surface area contributed by atoms with Crippen molar-refractivity contribution in [3.8, 4) is 0 Å². The maximum atomic E-state index is 11.2. The summed E-state index contributed by atoms with van der Waals surface area (Å²) in [6.07, 6.45) is 8.02. The van der Waals surface area contributed by atoms with E-state index in [1.807, 2.05) is 0 Å². The largest absolute Gasteiger partial charge is 0.363 e. The summed E-state index contributed by atoms with van der Waals surface area (Å²) in [7, 11) is 0. The van der Waals surface area contributed by atoms with Crippen LogP contribution < -0.4 is 5.73 Å². The molecule has 18 heavy (non-hydrogen) atoms. The van der Waals surface area contributed by atoms with Gasteiger partial charge in [0.15, 0.2) is 0 Å². The topological polar surface area (TPSA) is 68.9 Å². The summed E-state index contributed by atoms with van der Waals surface area (Å²) >= 11 is 1.43. The van der Waals surface area contributed by atoms with Gasteiger partial charge in [-0.15, -0.1) is 10.2 Å². The van der Waals surface area contributed by atoms with Crippen LogP contribution in [-0.2, 0) is 5.41 Å². The van der Waals surface area contributed by atoms with E-state index in [2.05, 4.69) is 10.2 Å². The van der Waals surface area contributed by atoms with E-state index in [0.29, 0.717) is 5.01 Å². The summed E-state index contributed by atoms with van der Waals surface area (Å²) in [5, 5.41) is 9.72. The molecule has 1 aromatic heterocycles. The fourth-order valence-corrected chi connectivity index (χ4v) is 5.82. The van der Waals surface area contributed by atoms with Gasteiger partial charge in [0, 0.05) is 5.41 Å². The third-order valence-electron chi connectivity index (χ3n) is 5.13. The molecule has 96 valence electrons. The van der Waals surface area contributed by atoms with Gasteiger partial charge in [-0.3, -0.25) is 4.79 Å². The van der Waals surface area contributed by atoms with E-state index in [4.69, 9.17) is 5.73 Å². The second-order valence-corrected chi connectivity index (χ2v) is 7.45. The van der Waals surface area contributed by atoms with Crippen molar-refractivity contribution in [2.24, 2.45) is 23.5 Å². The number of aromatic nitrogens is 2. The number of nitrogens with zero attached hydrogens (tertiary/aromatic N) is 2. The molecule has 4 aliphatic rings. The Balaban J connectivity index is 1.72. The SMILES string of the molecule is NC(=O)c1nnc(C23CC4CC(CC(C4)C2)C3)s1. The van der Waals surface area contributed by atoms with Gasteiger partial charge >= 0.3 is 0 Å². The first-order chi connectivity index (χ1) is 8.64. The van der Waals surface area contributed by atoms with Crippen LogP contribution in [0.2, 0.25) is 0 Å². The minimum atomic E-state index is -0.441. The molecular weight excluding hydrogens is 246 g/mol. The minimum Gasteiger partial charge on any atom is -0.363 e. The van der Waals surface area contributed by atoms with Crippen molar-refractivity contribution in [2.75, 3.05) is 0 Å². The lowest BCUT2D eigenvalue weighted by molar-refractivity contribution is -0.00556. The molecule has 5 heteroatoms.